The monoisotopic (exact) mass is 405 g/mol. The Hall–Kier alpha value is -2.70. The summed E-state index contributed by atoms with van der Waals surface area (Å²) in [6, 6.07) is 11.9. The number of ether oxygens (including phenoxy) is 2. The van der Waals surface area contributed by atoms with E-state index in [9.17, 15) is 4.79 Å². The van der Waals surface area contributed by atoms with Crippen LogP contribution in [0.5, 0.6) is 11.5 Å². The van der Waals surface area contributed by atoms with Crippen molar-refractivity contribution in [1.82, 2.24) is 9.78 Å². The van der Waals surface area contributed by atoms with E-state index >= 15 is 0 Å². The first-order valence-electron chi connectivity index (χ1n) is 8.01. The number of benzene rings is 2. The molecule has 0 atom stereocenters. The van der Waals surface area contributed by atoms with Crippen molar-refractivity contribution >= 4 is 34.9 Å². The largest absolute Gasteiger partial charge is 0.493 e. The van der Waals surface area contributed by atoms with Gasteiger partial charge in [-0.15, -0.1) is 0 Å². The SMILES string of the molecule is COc1ccc(C(=O)Nc2ccnn2Cc2ccc(Cl)cc2Cl)cc1OC. The molecule has 0 bridgehead atoms. The average Bonchev–Trinajstić information content (AvgIpc) is 3.10. The van der Waals surface area contributed by atoms with Crippen LogP contribution in [-0.4, -0.2) is 29.9 Å². The van der Waals surface area contributed by atoms with Gasteiger partial charge in [-0.2, -0.15) is 5.10 Å². The second kappa shape index (κ2) is 8.33. The zero-order valence-corrected chi connectivity index (χ0v) is 16.2. The van der Waals surface area contributed by atoms with Crippen molar-refractivity contribution in [2.45, 2.75) is 6.54 Å². The number of nitrogens with zero attached hydrogens (tertiary/aromatic N) is 2. The zero-order chi connectivity index (χ0) is 19.4. The molecule has 1 amide bonds. The highest BCUT2D eigenvalue weighted by Crippen LogP contribution is 2.28. The van der Waals surface area contributed by atoms with Crippen molar-refractivity contribution in [3.63, 3.8) is 0 Å². The van der Waals surface area contributed by atoms with Gasteiger partial charge in [0.25, 0.3) is 5.91 Å². The number of anilines is 1. The second-order valence-corrected chi connectivity index (χ2v) is 6.48. The predicted molar refractivity (Wildman–Crippen MR) is 105 cm³/mol. The summed E-state index contributed by atoms with van der Waals surface area (Å²) in [5.41, 5.74) is 1.27. The summed E-state index contributed by atoms with van der Waals surface area (Å²) in [7, 11) is 3.06. The fourth-order valence-electron chi connectivity index (χ4n) is 2.54. The van der Waals surface area contributed by atoms with E-state index in [1.807, 2.05) is 6.07 Å². The van der Waals surface area contributed by atoms with Crippen LogP contribution in [0.15, 0.2) is 48.7 Å². The van der Waals surface area contributed by atoms with Crippen LogP contribution in [0.4, 0.5) is 5.82 Å². The Morgan fingerprint density at radius 2 is 1.85 bits per heavy atom. The maximum absolute atomic E-state index is 12.6. The van der Waals surface area contributed by atoms with Gasteiger partial charge in [0.05, 0.1) is 27.0 Å². The Balaban J connectivity index is 1.79. The third-order valence-electron chi connectivity index (χ3n) is 3.94. The summed E-state index contributed by atoms with van der Waals surface area (Å²) < 4.78 is 12.1. The number of rotatable bonds is 6. The number of methoxy groups -OCH3 is 2. The molecule has 3 aromatic rings. The number of hydrogen-bond acceptors (Lipinski definition) is 4. The van der Waals surface area contributed by atoms with E-state index in [4.69, 9.17) is 32.7 Å². The van der Waals surface area contributed by atoms with E-state index in [1.165, 1.54) is 14.2 Å². The molecule has 6 nitrogen and oxygen atoms in total. The minimum atomic E-state index is -0.292. The molecular weight excluding hydrogens is 389 g/mol. The van der Waals surface area contributed by atoms with Gasteiger partial charge in [0.2, 0.25) is 0 Å². The van der Waals surface area contributed by atoms with Crippen molar-refractivity contribution in [2.75, 3.05) is 19.5 Å². The minimum Gasteiger partial charge on any atom is -0.493 e. The van der Waals surface area contributed by atoms with Crippen molar-refractivity contribution < 1.29 is 14.3 Å². The molecule has 0 aliphatic heterocycles. The number of amides is 1. The molecule has 0 saturated carbocycles. The van der Waals surface area contributed by atoms with Crippen LogP contribution in [0.3, 0.4) is 0 Å². The molecule has 0 radical (unpaired) electrons. The number of carbonyl (C=O) groups is 1. The molecule has 0 aliphatic carbocycles. The van der Waals surface area contributed by atoms with E-state index < -0.39 is 0 Å². The van der Waals surface area contributed by atoms with Gasteiger partial charge in [0, 0.05) is 21.7 Å². The molecular formula is C19H17Cl2N3O3. The smallest absolute Gasteiger partial charge is 0.256 e. The van der Waals surface area contributed by atoms with Gasteiger partial charge in [-0.05, 0) is 35.9 Å². The molecule has 0 aliphatic rings. The average molecular weight is 406 g/mol. The summed E-state index contributed by atoms with van der Waals surface area (Å²) in [6.07, 6.45) is 1.61. The molecule has 0 unspecified atom stereocenters. The van der Waals surface area contributed by atoms with E-state index in [2.05, 4.69) is 10.4 Å². The highest BCUT2D eigenvalue weighted by Gasteiger charge is 2.14. The van der Waals surface area contributed by atoms with Gasteiger partial charge >= 0.3 is 0 Å². The molecule has 1 N–H and O–H groups in total. The fraction of sp³-hybridized carbons (Fsp3) is 0.158. The molecule has 0 fully saturated rings. The molecule has 1 heterocycles. The maximum atomic E-state index is 12.6. The third kappa shape index (κ3) is 4.35. The molecule has 0 spiro atoms. The van der Waals surface area contributed by atoms with Gasteiger partial charge < -0.3 is 14.8 Å². The Morgan fingerprint density at radius 3 is 2.56 bits per heavy atom. The highest BCUT2D eigenvalue weighted by molar-refractivity contribution is 6.35. The molecule has 27 heavy (non-hydrogen) atoms. The Labute approximate surface area is 166 Å². The number of halogens is 2. The quantitative estimate of drug-likeness (QED) is 0.655. The number of carbonyl (C=O) groups excluding carboxylic acids is 1. The normalized spacial score (nSPS) is 10.5. The highest BCUT2D eigenvalue weighted by atomic mass is 35.5. The predicted octanol–water partition coefficient (Wildman–Crippen LogP) is 4.51. The lowest BCUT2D eigenvalue weighted by molar-refractivity contribution is 0.102. The van der Waals surface area contributed by atoms with Crippen molar-refractivity contribution in [1.29, 1.82) is 0 Å². The van der Waals surface area contributed by atoms with Crippen LogP contribution >= 0.6 is 23.2 Å². The van der Waals surface area contributed by atoms with Crippen LogP contribution in [-0.2, 0) is 6.54 Å². The minimum absolute atomic E-state index is 0.292. The third-order valence-corrected chi connectivity index (χ3v) is 4.53. The first-order chi connectivity index (χ1) is 13.0. The van der Waals surface area contributed by atoms with Gasteiger partial charge in [-0.3, -0.25) is 4.79 Å². The number of hydrogen-bond donors (Lipinski definition) is 1. The molecule has 140 valence electrons. The van der Waals surface area contributed by atoms with E-state index in [0.717, 1.165) is 5.56 Å². The zero-order valence-electron chi connectivity index (χ0n) is 14.7. The maximum Gasteiger partial charge on any atom is 0.256 e. The molecule has 0 saturated heterocycles. The van der Waals surface area contributed by atoms with Crippen molar-refractivity contribution in [3.05, 3.63) is 69.8 Å². The van der Waals surface area contributed by atoms with Crippen LogP contribution < -0.4 is 14.8 Å². The summed E-state index contributed by atoms with van der Waals surface area (Å²) in [5, 5.41) is 8.19. The van der Waals surface area contributed by atoms with Crippen LogP contribution in [0.25, 0.3) is 0 Å². The van der Waals surface area contributed by atoms with E-state index in [0.29, 0.717) is 39.5 Å². The lowest BCUT2D eigenvalue weighted by Crippen LogP contribution is -2.16. The van der Waals surface area contributed by atoms with Crippen LogP contribution in [0.1, 0.15) is 15.9 Å². The Kier molecular flexibility index (Phi) is 5.88. The summed E-state index contributed by atoms with van der Waals surface area (Å²) in [4.78, 5) is 12.6. The van der Waals surface area contributed by atoms with Crippen LogP contribution in [0, 0.1) is 0 Å². The summed E-state index contributed by atoms with van der Waals surface area (Å²) in [5.74, 6) is 1.28. The Morgan fingerprint density at radius 1 is 1.07 bits per heavy atom. The van der Waals surface area contributed by atoms with Gasteiger partial charge in [-0.1, -0.05) is 29.3 Å². The fourth-order valence-corrected chi connectivity index (χ4v) is 3.01. The number of aromatic nitrogens is 2. The van der Waals surface area contributed by atoms with Crippen LogP contribution in [0.2, 0.25) is 10.0 Å². The van der Waals surface area contributed by atoms with Crippen molar-refractivity contribution in [2.24, 2.45) is 0 Å². The van der Waals surface area contributed by atoms with Crippen molar-refractivity contribution in [3.8, 4) is 11.5 Å². The van der Waals surface area contributed by atoms with Gasteiger partial charge in [0.1, 0.15) is 5.82 Å². The second-order valence-electron chi connectivity index (χ2n) is 5.63. The lowest BCUT2D eigenvalue weighted by Gasteiger charge is -2.12. The topological polar surface area (TPSA) is 65.4 Å². The molecule has 1 aromatic heterocycles. The van der Waals surface area contributed by atoms with E-state index in [-0.39, 0.29) is 5.91 Å². The Bertz CT molecular complexity index is 973. The first-order valence-corrected chi connectivity index (χ1v) is 8.76. The molecule has 3 rings (SSSR count). The lowest BCUT2D eigenvalue weighted by atomic mass is 10.2. The van der Waals surface area contributed by atoms with Gasteiger partial charge in [-0.25, -0.2) is 4.68 Å². The molecule has 8 heteroatoms. The van der Waals surface area contributed by atoms with E-state index in [1.54, 1.807) is 47.3 Å². The number of nitrogens with one attached hydrogen (secondary N) is 1. The molecule has 2 aromatic carbocycles. The standard InChI is InChI=1S/C19H17Cl2N3O3/c1-26-16-6-4-12(9-17(16)27-2)19(25)23-18-7-8-22-24(18)11-13-3-5-14(20)10-15(13)21/h3-10H,11H2,1-2H3,(H,23,25). The van der Waals surface area contributed by atoms with Gasteiger partial charge in [0.15, 0.2) is 11.5 Å². The first kappa shape index (κ1) is 19.1. The summed E-state index contributed by atoms with van der Waals surface area (Å²) in [6.45, 7) is 0.393. The summed E-state index contributed by atoms with van der Waals surface area (Å²) >= 11 is 12.2.